The fourth-order valence-electron chi connectivity index (χ4n) is 1.33. The van der Waals surface area contributed by atoms with Crippen LogP contribution in [0.4, 0.5) is 8.78 Å². The molecule has 0 spiro atoms. The zero-order valence-corrected chi connectivity index (χ0v) is 11.7. The molecule has 0 aliphatic rings. The van der Waals surface area contributed by atoms with E-state index in [1.807, 2.05) is 0 Å². The van der Waals surface area contributed by atoms with Gasteiger partial charge in [-0.15, -0.1) is 0 Å². The van der Waals surface area contributed by atoms with Crippen molar-refractivity contribution in [3.63, 3.8) is 0 Å². The molecule has 0 heterocycles. The first-order chi connectivity index (χ1) is 8.59. The lowest BCUT2D eigenvalue weighted by atomic mass is 9.95. The van der Waals surface area contributed by atoms with E-state index < -0.39 is 36.9 Å². The van der Waals surface area contributed by atoms with Crippen molar-refractivity contribution in [2.24, 2.45) is 5.41 Å². The molecule has 0 rings (SSSR count). The van der Waals surface area contributed by atoms with Crippen LogP contribution in [-0.2, 0) is 9.59 Å². The number of hydrogen-bond donors (Lipinski definition) is 2. The zero-order valence-electron chi connectivity index (χ0n) is 11.7. The first-order valence-corrected chi connectivity index (χ1v) is 6.08. The van der Waals surface area contributed by atoms with Gasteiger partial charge in [0.1, 0.15) is 6.04 Å². The lowest BCUT2D eigenvalue weighted by Gasteiger charge is -2.27. The second kappa shape index (κ2) is 7.37. The van der Waals surface area contributed by atoms with Gasteiger partial charge >= 0.3 is 0 Å². The van der Waals surface area contributed by atoms with E-state index in [2.05, 4.69) is 5.32 Å². The maximum atomic E-state index is 12.3. The lowest BCUT2D eigenvalue weighted by Crippen LogP contribution is -2.51. The van der Waals surface area contributed by atoms with Gasteiger partial charge in [0.15, 0.2) is 0 Å². The minimum atomic E-state index is -2.68. The molecule has 0 saturated carbocycles. The average Bonchev–Trinajstić information content (AvgIpc) is 2.25. The summed E-state index contributed by atoms with van der Waals surface area (Å²) >= 11 is 0. The number of nitrogens with zero attached hydrogens (tertiary/aromatic N) is 1. The molecule has 0 aliphatic carbocycles. The molecule has 1 unspecified atom stereocenters. The normalized spacial score (nSPS) is 13.3. The second-order valence-electron chi connectivity index (χ2n) is 5.34. The summed E-state index contributed by atoms with van der Waals surface area (Å²) in [6.45, 7) is 5.15. The van der Waals surface area contributed by atoms with E-state index in [1.165, 1.54) is 6.92 Å². The number of aliphatic hydroxyl groups excluding tert-OH is 1. The van der Waals surface area contributed by atoms with Gasteiger partial charge in [-0.3, -0.25) is 9.59 Å². The monoisotopic (exact) mass is 280 g/mol. The maximum Gasteiger partial charge on any atom is 0.255 e. The Kier molecular flexibility index (Phi) is 6.89. The molecule has 0 aliphatic heterocycles. The van der Waals surface area contributed by atoms with Gasteiger partial charge in [-0.1, -0.05) is 20.8 Å². The third-order valence-corrected chi connectivity index (χ3v) is 2.44. The Morgan fingerprint density at radius 1 is 1.32 bits per heavy atom. The molecule has 0 radical (unpaired) electrons. The molecule has 0 fully saturated rings. The number of nitrogens with one attached hydrogen (secondary N) is 1. The Morgan fingerprint density at radius 3 is 2.21 bits per heavy atom. The Morgan fingerprint density at radius 2 is 1.84 bits per heavy atom. The van der Waals surface area contributed by atoms with Crippen LogP contribution in [0, 0.1) is 5.41 Å². The van der Waals surface area contributed by atoms with Crippen molar-refractivity contribution in [1.82, 2.24) is 10.2 Å². The van der Waals surface area contributed by atoms with Gasteiger partial charge in [-0.25, -0.2) is 8.78 Å². The Labute approximate surface area is 112 Å². The third-order valence-electron chi connectivity index (χ3n) is 2.44. The van der Waals surface area contributed by atoms with Crippen molar-refractivity contribution >= 4 is 11.8 Å². The Balaban J connectivity index is 4.62. The van der Waals surface area contributed by atoms with E-state index in [1.54, 1.807) is 20.8 Å². The highest BCUT2D eigenvalue weighted by Gasteiger charge is 2.28. The number of aliphatic hydroxyl groups is 1. The summed E-state index contributed by atoms with van der Waals surface area (Å²) in [6, 6.07) is -0.906. The van der Waals surface area contributed by atoms with Gasteiger partial charge in [0.2, 0.25) is 11.8 Å². The number of carbonyl (C=O) groups is 2. The van der Waals surface area contributed by atoms with Crippen LogP contribution in [-0.4, -0.2) is 54.0 Å². The number of halogens is 2. The Hall–Kier alpha value is -1.24. The van der Waals surface area contributed by atoms with E-state index in [4.69, 9.17) is 5.11 Å². The quantitative estimate of drug-likeness (QED) is 0.749. The SMILES string of the molecule is CC(NC(=O)C(C)(C)C)C(=O)N(CCO)CC(F)F. The van der Waals surface area contributed by atoms with E-state index in [0.717, 1.165) is 4.90 Å². The molecule has 2 amide bonds. The molecule has 5 nitrogen and oxygen atoms in total. The van der Waals surface area contributed by atoms with Crippen LogP contribution in [0.1, 0.15) is 27.7 Å². The van der Waals surface area contributed by atoms with Gasteiger partial charge in [0, 0.05) is 12.0 Å². The summed E-state index contributed by atoms with van der Waals surface area (Å²) in [5.74, 6) is -0.971. The van der Waals surface area contributed by atoms with Crippen molar-refractivity contribution in [3.8, 4) is 0 Å². The summed E-state index contributed by atoms with van der Waals surface area (Å²) in [4.78, 5) is 24.4. The lowest BCUT2D eigenvalue weighted by molar-refractivity contribution is -0.139. The van der Waals surface area contributed by atoms with Crippen LogP contribution >= 0.6 is 0 Å². The fraction of sp³-hybridized carbons (Fsp3) is 0.833. The van der Waals surface area contributed by atoms with E-state index in [9.17, 15) is 18.4 Å². The molecule has 0 saturated heterocycles. The third kappa shape index (κ3) is 6.47. The largest absolute Gasteiger partial charge is 0.395 e. The summed E-state index contributed by atoms with van der Waals surface area (Å²) in [6.07, 6.45) is -2.68. The molecule has 7 heteroatoms. The van der Waals surface area contributed by atoms with Gasteiger partial charge in [0.25, 0.3) is 6.43 Å². The highest BCUT2D eigenvalue weighted by atomic mass is 19.3. The van der Waals surface area contributed by atoms with Gasteiger partial charge in [-0.2, -0.15) is 0 Å². The molecule has 0 aromatic rings. The van der Waals surface area contributed by atoms with Crippen molar-refractivity contribution in [3.05, 3.63) is 0 Å². The van der Waals surface area contributed by atoms with Crippen LogP contribution in [0.2, 0.25) is 0 Å². The zero-order chi connectivity index (χ0) is 15.2. The van der Waals surface area contributed by atoms with Crippen molar-refractivity contribution in [2.75, 3.05) is 19.7 Å². The van der Waals surface area contributed by atoms with E-state index >= 15 is 0 Å². The van der Waals surface area contributed by atoms with Gasteiger partial charge < -0.3 is 15.3 Å². The fourth-order valence-corrected chi connectivity index (χ4v) is 1.33. The standard InChI is InChI=1S/C12H22F2N2O3/c1-8(15-11(19)12(2,3)4)10(18)16(5-6-17)7-9(13)14/h8-9,17H,5-7H2,1-4H3,(H,15,19). The van der Waals surface area contributed by atoms with Crippen LogP contribution in [0.25, 0.3) is 0 Å². The molecule has 0 aromatic heterocycles. The van der Waals surface area contributed by atoms with Crippen molar-refractivity contribution in [1.29, 1.82) is 0 Å². The molecule has 19 heavy (non-hydrogen) atoms. The topological polar surface area (TPSA) is 69.6 Å². The predicted molar refractivity (Wildman–Crippen MR) is 66.7 cm³/mol. The van der Waals surface area contributed by atoms with Crippen LogP contribution in [0.3, 0.4) is 0 Å². The summed E-state index contributed by atoms with van der Waals surface area (Å²) < 4.78 is 24.6. The van der Waals surface area contributed by atoms with Crippen LogP contribution < -0.4 is 5.32 Å². The molecule has 0 aromatic carbocycles. The number of amides is 2. The van der Waals surface area contributed by atoms with Crippen LogP contribution in [0.15, 0.2) is 0 Å². The van der Waals surface area contributed by atoms with Gasteiger partial charge in [0.05, 0.1) is 13.2 Å². The molecule has 0 bridgehead atoms. The summed E-state index contributed by atoms with van der Waals surface area (Å²) in [5, 5.41) is 11.2. The molecule has 2 N–H and O–H groups in total. The minimum absolute atomic E-state index is 0.182. The minimum Gasteiger partial charge on any atom is -0.395 e. The first-order valence-electron chi connectivity index (χ1n) is 6.08. The van der Waals surface area contributed by atoms with E-state index in [0.29, 0.717) is 0 Å². The van der Waals surface area contributed by atoms with Gasteiger partial charge in [-0.05, 0) is 6.92 Å². The molecular weight excluding hydrogens is 258 g/mol. The smallest absolute Gasteiger partial charge is 0.255 e. The van der Waals surface area contributed by atoms with Crippen LogP contribution in [0.5, 0.6) is 0 Å². The van der Waals surface area contributed by atoms with Crippen molar-refractivity contribution in [2.45, 2.75) is 40.2 Å². The summed E-state index contributed by atoms with van der Waals surface area (Å²) in [5.41, 5.74) is -0.668. The second-order valence-corrected chi connectivity index (χ2v) is 5.34. The molecule has 1 atom stereocenters. The highest BCUT2D eigenvalue weighted by molar-refractivity contribution is 5.89. The molecular formula is C12H22F2N2O3. The van der Waals surface area contributed by atoms with E-state index in [-0.39, 0.29) is 12.5 Å². The number of carbonyl (C=O) groups excluding carboxylic acids is 2. The highest BCUT2D eigenvalue weighted by Crippen LogP contribution is 2.13. The average molecular weight is 280 g/mol. The maximum absolute atomic E-state index is 12.3. The molecule has 112 valence electrons. The predicted octanol–water partition coefficient (Wildman–Crippen LogP) is 0.623. The first kappa shape index (κ1) is 17.8. The Bertz CT molecular complexity index is 317. The number of rotatable bonds is 6. The number of hydrogen-bond acceptors (Lipinski definition) is 3. The van der Waals surface area contributed by atoms with Crippen molar-refractivity contribution < 1.29 is 23.5 Å². The number of alkyl halides is 2. The summed E-state index contributed by atoms with van der Waals surface area (Å²) in [7, 11) is 0.